The molecule has 0 aliphatic carbocycles. The third-order valence-electron chi connectivity index (χ3n) is 5.81. The predicted octanol–water partition coefficient (Wildman–Crippen LogP) is 1.30. The number of piperazine rings is 1. The van der Waals surface area contributed by atoms with Crippen LogP contribution < -0.4 is 10.6 Å². The topological polar surface area (TPSA) is 63.2 Å². The Kier molecular flexibility index (Phi) is 11.1. The summed E-state index contributed by atoms with van der Waals surface area (Å²) < 4.78 is 0. The zero-order chi connectivity index (χ0) is 20.0. The van der Waals surface area contributed by atoms with Gasteiger partial charge in [0.25, 0.3) is 0 Å². The molecule has 2 heterocycles. The average molecular weight is 508 g/mol. The van der Waals surface area contributed by atoms with Crippen LogP contribution in [0.4, 0.5) is 0 Å². The van der Waals surface area contributed by atoms with Crippen molar-refractivity contribution in [1.29, 1.82) is 0 Å². The number of likely N-dealkylation sites (tertiary alicyclic amines) is 1. The van der Waals surface area contributed by atoms with Gasteiger partial charge in [-0.2, -0.15) is 0 Å². The molecule has 2 rings (SSSR count). The molecular formula is C20H41IN6O. The molecule has 0 saturated carbocycles. The van der Waals surface area contributed by atoms with Gasteiger partial charge in [-0.15, -0.1) is 24.0 Å². The summed E-state index contributed by atoms with van der Waals surface area (Å²) in [5.74, 6) is 1.75. The van der Waals surface area contributed by atoms with Gasteiger partial charge >= 0.3 is 0 Å². The van der Waals surface area contributed by atoms with E-state index in [1.165, 1.54) is 0 Å². The lowest BCUT2D eigenvalue weighted by molar-refractivity contribution is -0.133. The van der Waals surface area contributed by atoms with Crippen LogP contribution in [0.2, 0.25) is 0 Å². The lowest BCUT2D eigenvalue weighted by Gasteiger charge is -2.40. The molecule has 2 aliphatic heterocycles. The number of rotatable bonds is 6. The summed E-state index contributed by atoms with van der Waals surface area (Å²) in [6.45, 7) is 15.6. The van der Waals surface area contributed by atoms with E-state index in [0.29, 0.717) is 12.0 Å². The summed E-state index contributed by atoms with van der Waals surface area (Å²) in [6, 6.07) is 0.778. The van der Waals surface area contributed by atoms with Crippen molar-refractivity contribution in [3.8, 4) is 0 Å². The Labute approximate surface area is 188 Å². The Bertz CT molecular complexity index is 505. The summed E-state index contributed by atoms with van der Waals surface area (Å²) in [4.78, 5) is 23.6. The molecule has 164 valence electrons. The fraction of sp³-hybridized carbons (Fsp3) is 0.900. The number of carbonyl (C=O) groups excluding carboxylic acids is 1. The third kappa shape index (κ3) is 7.33. The van der Waals surface area contributed by atoms with Crippen molar-refractivity contribution in [2.45, 2.75) is 46.2 Å². The second-order valence-electron chi connectivity index (χ2n) is 8.67. The number of halogens is 1. The molecule has 2 atom stereocenters. The highest BCUT2D eigenvalue weighted by Crippen LogP contribution is 2.14. The largest absolute Gasteiger partial charge is 0.355 e. The van der Waals surface area contributed by atoms with Crippen LogP contribution in [0.3, 0.4) is 0 Å². The van der Waals surface area contributed by atoms with E-state index < -0.39 is 0 Å². The van der Waals surface area contributed by atoms with Gasteiger partial charge in [-0.3, -0.25) is 14.7 Å². The molecule has 2 unspecified atom stereocenters. The van der Waals surface area contributed by atoms with Gasteiger partial charge in [0.15, 0.2) is 5.96 Å². The number of carbonyl (C=O) groups is 1. The van der Waals surface area contributed by atoms with Gasteiger partial charge in [0, 0.05) is 70.9 Å². The maximum Gasteiger partial charge on any atom is 0.225 e. The number of amides is 1. The second-order valence-corrected chi connectivity index (χ2v) is 8.67. The zero-order valence-electron chi connectivity index (χ0n) is 18.6. The minimum atomic E-state index is 0. The van der Waals surface area contributed by atoms with Gasteiger partial charge in [-0.25, -0.2) is 0 Å². The Morgan fingerprint density at radius 1 is 1.11 bits per heavy atom. The van der Waals surface area contributed by atoms with Crippen LogP contribution in [-0.2, 0) is 4.79 Å². The maximum atomic E-state index is 12.2. The summed E-state index contributed by atoms with van der Waals surface area (Å²) in [7, 11) is 4.02. The molecular weight excluding hydrogens is 467 g/mol. The van der Waals surface area contributed by atoms with Crippen molar-refractivity contribution >= 4 is 35.8 Å². The average Bonchev–Trinajstić information content (AvgIpc) is 3.09. The molecule has 2 fully saturated rings. The number of aliphatic imine (C=N–C) groups is 1. The molecule has 0 radical (unpaired) electrons. The zero-order valence-corrected chi connectivity index (χ0v) is 20.9. The molecule has 0 bridgehead atoms. The first-order valence-electron chi connectivity index (χ1n) is 10.5. The van der Waals surface area contributed by atoms with E-state index in [2.05, 4.69) is 46.3 Å². The van der Waals surface area contributed by atoms with E-state index in [1.807, 2.05) is 25.8 Å². The molecule has 2 N–H and O–H groups in total. The maximum absolute atomic E-state index is 12.2. The van der Waals surface area contributed by atoms with Crippen LogP contribution in [0.5, 0.6) is 0 Å². The summed E-state index contributed by atoms with van der Waals surface area (Å²) in [5, 5.41) is 7.05. The first-order chi connectivity index (χ1) is 12.8. The smallest absolute Gasteiger partial charge is 0.225 e. The Hall–Kier alpha value is -0.610. The van der Waals surface area contributed by atoms with Gasteiger partial charge in [0.2, 0.25) is 5.91 Å². The minimum absolute atomic E-state index is 0. The summed E-state index contributed by atoms with van der Waals surface area (Å²) in [5.41, 5.74) is 0. The molecule has 0 aromatic heterocycles. The Morgan fingerprint density at radius 3 is 2.29 bits per heavy atom. The quantitative estimate of drug-likeness (QED) is 0.322. The SMILES string of the molecule is CN=C(NCC(C(C)C)N1CCN(C)CC1)NC1CCN(C(=O)C(C)C)C1.I. The van der Waals surface area contributed by atoms with Crippen LogP contribution in [0.15, 0.2) is 4.99 Å². The van der Waals surface area contributed by atoms with E-state index in [-0.39, 0.29) is 41.8 Å². The highest BCUT2D eigenvalue weighted by molar-refractivity contribution is 14.0. The van der Waals surface area contributed by atoms with E-state index >= 15 is 0 Å². The molecule has 1 amide bonds. The lowest BCUT2D eigenvalue weighted by Crippen LogP contribution is -2.55. The molecule has 0 aromatic rings. The van der Waals surface area contributed by atoms with Crippen LogP contribution in [0.1, 0.15) is 34.1 Å². The van der Waals surface area contributed by atoms with Gasteiger partial charge in [-0.1, -0.05) is 27.7 Å². The fourth-order valence-corrected chi connectivity index (χ4v) is 3.97. The van der Waals surface area contributed by atoms with E-state index in [4.69, 9.17) is 0 Å². The molecule has 8 heteroatoms. The second kappa shape index (κ2) is 12.2. The molecule has 28 heavy (non-hydrogen) atoms. The summed E-state index contributed by atoms with van der Waals surface area (Å²) in [6.07, 6.45) is 0.977. The highest BCUT2D eigenvalue weighted by atomic mass is 127. The van der Waals surface area contributed by atoms with Crippen molar-refractivity contribution in [3.63, 3.8) is 0 Å². The predicted molar refractivity (Wildman–Crippen MR) is 127 cm³/mol. The van der Waals surface area contributed by atoms with Crippen molar-refractivity contribution in [2.75, 3.05) is 59.9 Å². The Balaban J connectivity index is 0.00000392. The highest BCUT2D eigenvalue weighted by Gasteiger charge is 2.29. The monoisotopic (exact) mass is 508 g/mol. The number of nitrogens with zero attached hydrogens (tertiary/aromatic N) is 4. The normalized spacial score (nSPS) is 23.1. The molecule has 7 nitrogen and oxygen atoms in total. The number of guanidine groups is 1. The van der Waals surface area contributed by atoms with Crippen LogP contribution in [0.25, 0.3) is 0 Å². The van der Waals surface area contributed by atoms with Crippen LogP contribution >= 0.6 is 24.0 Å². The lowest BCUT2D eigenvalue weighted by atomic mass is 10.0. The van der Waals surface area contributed by atoms with E-state index in [0.717, 1.165) is 58.2 Å². The summed E-state index contributed by atoms with van der Waals surface area (Å²) >= 11 is 0. The van der Waals surface area contributed by atoms with Gasteiger partial charge in [0.05, 0.1) is 0 Å². The molecule has 2 saturated heterocycles. The van der Waals surface area contributed by atoms with E-state index in [1.54, 1.807) is 0 Å². The number of nitrogens with one attached hydrogen (secondary N) is 2. The van der Waals surface area contributed by atoms with E-state index in [9.17, 15) is 4.79 Å². The fourth-order valence-electron chi connectivity index (χ4n) is 3.97. The van der Waals surface area contributed by atoms with Gasteiger partial charge in [-0.05, 0) is 19.4 Å². The molecule has 2 aliphatic rings. The van der Waals surface area contributed by atoms with Crippen molar-refractivity contribution in [1.82, 2.24) is 25.3 Å². The van der Waals surface area contributed by atoms with Gasteiger partial charge < -0.3 is 20.4 Å². The Morgan fingerprint density at radius 2 is 1.75 bits per heavy atom. The molecule has 0 spiro atoms. The number of likely N-dealkylation sites (N-methyl/N-ethyl adjacent to an activating group) is 1. The van der Waals surface area contributed by atoms with Crippen LogP contribution in [-0.4, -0.2) is 98.6 Å². The first kappa shape index (κ1) is 25.4. The minimum Gasteiger partial charge on any atom is -0.355 e. The standard InChI is InChI=1S/C20H40N6O.HI/c1-15(2)18(25-11-9-24(6)10-12-25)13-22-20(21-5)23-17-7-8-26(14-17)19(27)16(3)4;/h15-18H,7-14H2,1-6H3,(H2,21,22,23);1H. The number of hydrogen-bond acceptors (Lipinski definition) is 4. The molecule has 0 aromatic carbocycles. The van der Waals surface area contributed by atoms with Crippen molar-refractivity contribution in [3.05, 3.63) is 0 Å². The number of hydrogen-bond donors (Lipinski definition) is 2. The van der Waals surface area contributed by atoms with Crippen molar-refractivity contribution < 1.29 is 4.79 Å². The van der Waals surface area contributed by atoms with Crippen molar-refractivity contribution in [2.24, 2.45) is 16.8 Å². The third-order valence-corrected chi connectivity index (χ3v) is 5.81. The van der Waals surface area contributed by atoms with Gasteiger partial charge in [0.1, 0.15) is 0 Å². The van der Waals surface area contributed by atoms with Crippen LogP contribution in [0, 0.1) is 11.8 Å². The first-order valence-corrected chi connectivity index (χ1v) is 10.5.